The number of hydrogen-bond donors (Lipinski definition) is 1. The van der Waals surface area contributed by atoms with Crippen LogP contribution in [-0.2, 0) is 4.74 Å². The number of unbranched alkanes of at least 4 members (excludes halogenated alkanes) is 6. The molecule has 0 heterocycles. The summed E-state index contributed by atoms with van der Waals surface area (Å²) in [6, 6.07) is 0. The number of halogens is 1. The minimum atomic E-state index is 0. The molecule has 0 aliphatic rings. The Hall–Kier alpha value is -0.240. The van der Waals surface area contributed by atoms with Crippen LogP contribution < -0.4 is 0 Å². The fourth-order valence-electron chi connectivity index (χ4n) is 1.34. The summed E-state index contributed by atoms with van der Waals surface area (Å²) >= 11 is 0. The third-order valence-electron chi connectivity index (χ3n) is 2.25. The minimum Gasteiger partial charge on any atom is -0.484 e. The van der Waals surface area contributed by atoms with Crippen LogP contribution in [0.5, 0.6) is 0 Å². The van der Waals surface area contributed by atoms with Crippen LogP contribution in [0.25, 0.3) is 0 Å². The van der Waals surface area contributed by atoms with Crippen molar-refractivity contribution in [2.45, 2.75) is 58.3 Å². The van der Waals surface area contributed by atoms with Gasteiger partial charge < -0.3 is 4.74 Å². The van der Waals surface area contributed by atoms with Gasteiger partial charge in [-0.15, -0.1) is 12.4 Å². The molecule has 0 rings (SSSR count). The second-order valence-corrected chi connectivity index (χ2v) is 3.50. The lowest BCUT2D eigenvalue weighted by Gasteiger charge is -2.02. The first-order valence-electron chi connectivity index (χ1n) is 5.42. The standard InChI is InChI=1S/C11H23NO.ClH/c1-3-4-5-6-7-8-9-10-11(12)13-2;/h12H,3-10H2,1-2H3;1H. The van der Waals surface area contributed by atoms with E-state index in [0.29, 0.717) is 5.90 Å². The van der Waals surface area contributed by atoms with E-state index in [-0.39, 0.29) is 12.4 Å². The molecule has 0 aromatic rings. The zero-order valence-electron chi connectivity index (χ0n) is 9.47. The summed E-state index contributed by atoms with van der Waals surface area (Å²) in [7, 11) is 1.57. The third kappa shape index (κ3) is 11.8. The van der Waals surface area contributed by atoms with Crippen molar-refractivity contribution in [2.24, 2.45) is 0 Å². The summed E-state index contributed by atoms with van der Waals surface area (Å²) in [6.45, 7) is 2.24. The maximum Gasteiger partial charge on any atom is 0.180 e. The first-order chi connectivity index (χ1) is 6.31. The van der Waals surface area contributed by atoms with E-state index in [0.717, 1.165) is 12.8 Å². The highest BCUT2D eigenvalue weighted by Crippen LogP contribution is 2.08. The number of nitrogens with one attached hydrogen (secondary N) is 1. The van der Waals surface area contributed by atoms with Gasteiger partial charge in [0.1, 0.15) is 0 Å². The molecule has 3 heteroatoms. The quantitative estimate of drug-likeness (QED) is 0.373. The predicted molar refractivity (Wildman–Crippen MR) is 64.6 cm³/mol. The second kappa shape index (κ2) is 12.8. The topological polar surface area (TPSA) is 33.1 Å². The van der Waals surface area contributed by atoms with Gasteiger partial charge in [0.05, 0.1) is 7.11 Å². The van der Waals surface area contributed by atoms with Crippen LogP contribution in [0, 0.1) is 5.41 Å². The molecule has 0 spiro atoms. The van der Waals surface area contributed by atoms with Crippen LogP contribution in [-0.4, -0.2) is 13.0 Å². The first-order valence-corrected chi connectivity index (χ1v) is 5.42. The average molecular weight is 222 g/mol. The van der Waals surface area contributed by atoms with E-state index in [9.17, 15) is 0 Å². The summed E-state index contributed by atoms with van der Waals surface area (Å²) in [6.07, 6.45) is 9.89. The Bertz CT molecular complexity index is 128. The van der Waals surface area contributed by atoms with Crippen molar-refractivity contribution < 1.29 is 4.74 Å². The fraction of sp³-hybridized carbons (Fsp3) is 0.909. The summed E-state index contributed by atoms with van der Waals surface area (Å²) in [5.74, 6) is 0.425. The third-order valence-corrected chi connectivity index (χ3v) is 2.25. The Kier molecular flexibility index (Phi) is 14.8. The molecule has 2 nitrogen and oxygen atoms in total. The molecule has 0 unspecified atom stereocenters. The monoisotopic (exact) mass is 221 g/mol. The van der Waals surface area contributed by atoms with Crippen molar-refractivity contribution in [1.82, 2.24) is 0 Å². The first kappa shape index (κ1) is 16.2. The smallest absolute Gasteiger partial charge is 0.180 e. The lowest BCUT2D eigenvalue weighted by Crippen LogP contribution is -1.97. The van der Waals surface area contributed by atoms with Gasteiger partial charge in [-0.3, -0.25) is 5.41 Å². The van der Waals surface area contributed by atoms with Crippen molar-refractivity contribution in [2.75, 3.05) is 7.11 Å². The Morgan fingerprint density at radius 2 is 1.50 bits per heavy atom. The Labute approximate surface area is 94.3 Å². The van der Waals surface area contributed by atoms with Crippen LogP contribution in [0.3, 0.4) is 0 Å². The van der Waals surface area contributed by atoms with Crippen LogP contribution in [0.1, 0.15) is 58.3 Å². The van der Waals surface area contributed by atoms with Crippen LogP contribution in [0.15, 0.2) is 0 Å². The van der Waals surface area contributed by atoms with E-state index < -0.39 is 0 Å². The summed E-state index contributed by atoms with van der Waals surface area (Å²) in [5.41, 5.74) is 0. The molecule has 0 aliphatic heterocycles. The Balaban J connectivity index is 0. The summed E-state index contributed by atoms with van der Waals surface area (Å²) in [4.78, 5) is 0. The van der Waals surface area contributed by atoms with Crippen molar-refractivity contribution in [1.29, 1.82) is 5.41 Å². The molecule has 0 bridgehead atoms. The van der Waals surface area contributed by atoms with E-state index in [1.165, 1.54) is 38.5 Å². The van der Waals surface area contributed by atoms with Crippen molar-refractivity contribution in [3.63, 3.8) is 0 Å². The van der Waals surface area contributed by atoms with Crippen LogP contribution in [0.4, 0.5) is 0 Å². The van der Waals surface area contributed by atoms with Gasteiger partial charge in [0, 0.05) is 6.42 Å². The molecule has 0 saturated carbocycles. The second-order valence-electron chi connectivity index (χ2n) is 3.50. The average Bonchev–Trinajstić information content (AvgIpc) is 2.16. The molecular formula is C11H24ClNO. The molecule has 14 heavy (non-hydrogen) atoms. The van der Waals surface area contributed by atoms with E-state index in [1.54, 1.807) is 7.11 Å². The largest absolute Gasteiger partial charge is 0.484 e. The van der Waals surface area contributed by atoms with Gasteiger partial charge in [0.15, 0.2) is 5.90 Å². The molecule has 0 saturated heterocycles. The highest BCUT2D eigenvalue weighted by molar-refractivity contribution is 5.85. The number of methoxy groups -OCH3 is 1. The lowest BCUT2D eigenvalue weighted by atomic mass is 10.1. The van der Waals surface area contributed by atoms with E-state index in [1.807, 2.05) is 0 Å². The fourth-order valence-corrected chi connectivity index (χ4v) is 1.34. The lowest BCUT2D eigenvalue weighted by molar-refractivity contribution is 0.382. The molecule has 86 valence electrons. The van der Waals surface area contributed by atoms with E-state index in [2.05, 4.69) is 6.92 Å². The summed E-state index contributed by atoms with van der Waals surface area (Å²) < 4.78 is 4.78. The molecular weight excluding hydrogens is 198 g/mol. The minimum absolute atomic E-state index is 0. The highest BCUT2D eigenvalue weighted by atomic mass is 35.5. The molecule has 1 N–H and O–H groups in total. The number of rotatable bonds is 8. The highest BCUT2D eigenvalue weighted by Gasteiger charge is 1.95. The van der Waals surface area contributed by atoms with Crippen molar-refractivity contribution >= 4 is 18.3 Å². The molecule has 0 aliphatic carbocycles. The Morgan fingerprint density at radius 3 is 2.00 bits per heavy atom. The number of ether oxygens (including phenoxy) is 1. The molecule has 0 radical (unpaired) electrons. The normalized spacial score (nSPS) is 9.29. The SMILES string of the molecule is CCCCCCCCCC(=N)OC.Cl. The number of hydrogen-bond acceptors (Lipinski definition) is 2. The van der Waals surface area contributed by atoms with Gasteiger partial charge in [0.25, 0.3) is 0 Å². The predicted octanol–water partition coefficient (Wildman–Crippen LogP) is 4.17. The van der Waals surface area contributed by atoms with Gasteiger partial charge in [-0.05, 0) is 6.42 Å². The summed E-state index contributed by atoms with van der Waals surface area (Å²) in [5, 5.41) is 7.26. The van der Waals surface area contributed by atoms with E-state index in [4.69, 9.17) is 10.1 Å². The molecule has 0 aromatic carbocycles. The van der Waals surface area contributed by atoms with Crippen molar-refractivity contribution in [3.8, 4) is 0 Å². The van der Waals surface area contributed by atoms with Gasteiger partial charge in [0.2, 0.25) is 0 Å². The Morgan fingerprint density at radius 1 is 1.00 bits per heavy atom. The maximum atomic E-state index is 7.26. The van der Waals surface area contributed by atoms with Gasteiger partial charge in [-0.1, -0.05) is 45.4 Å². The molecule has 0 amide bonds. The molecule has 0 fully saturated rings. The molecule has 0 atom stereocenters. The van der Waals surface area contributed by atoms with Gasteiger partial charge in [-0.2, -0.15) is 0 Å². The van der Waals surface area contributed by atoms with Crippen LogP contribution in [0.2, 0.25) is 0 Å². The van der Waals surface area contributed by atoms with Crippen LogP contribution >= 0.6 is 12.4 Å². The van der Waals surface area contributed by atoms with E-state index >= 15 is 0 Å². The molecule has 0 aromatic heterocycles. The van der Waals surface area contributed by atoms with Gasteiger partial charge in [-0.25, -0.2) is 0 Å². The van der Waals surface area contributed by atoms with Crippen molar-refractivity contribution in [3.05, 3.63) is 0 Å². The van der Waals surface area contributed by atoms with Gasteiger partial charge >= 0.3 is 0 Å². The zero-order chi connectivity index (χ0) is 9.94. The maximum absolute atomic E-state index is 7.26. The zero-order valence-corrected chi connectivity index (χ0v) is 10.3.